The summed E-state index contributed by atoms with van der Waals surface area (Å²) in [5.74, 6) is 1.10. The SMILES string of the molecule is CC(C)Cn1c(-c2ccc(P(=O)(O)O)o2)nc2c(N)ccc(Br)c21. The molecule has 0 fully saturated rings. The lowest BCUT2D eigenvalue weighted by Gasteiger charge is -2.11. The van der Waals surface area contributed by atoms with Crippen molar-refractivity contribution in [3.63, 3.8) is 0 Å². The van der Waals surface area contributed by atoms with E-state index in [-0.39, 0.29) is 11.3 Å². The normalized spacial score (nSPS) is 12.4. The summed E-state index contributed by atoms with van der Waals surface area (Å²) in [6, 6.07) is 6.39. The Balaban J connectivity index is 2.27. The minimum absolute atomic E-state index is 0.288. The molecule has 2 aromatic heterocycles. The number of hydrogen-bond acceptors (Lipinski definition) is 4. The molecule has 1 aromatic carbocycles. The first kappa shape index (κ1) is 17.2. The Morgan fingerprint density at radius 3 is 2.62 bits per heavy atom. The number of nitrogens with two attached hydrogens (primary N) is 1. The summed E-state index contributed by atoms with van der Waals surface area (Å²) in [7, 11) is -4.45. The summed E-state index contributed by atoms with van der Waals surface area (Å²) in [5.41, 5.74) is 7.63. The number of halogens is 1. The van der Waals surface area contributed by atoms with Crippen LogP contribution in [0.3, 0.4) is 0 Å². The number of imidazole rings is 1. The topological polar surface area (TPSA) is 115 Å². The van der Waals surface area contributed by atoms with Gasteiger partial charge in [-0.3, -0.25) is 4.57 Å². The lowest BCUT2D eigenvalue weighted by molar-refractivity contribution is 0.377. The molecule has 0 saturated heterocycles. The van der Waals surface area contributed by atoms with Crippen molar-refractivity contribution in [2.24, 2.45) is 5.92 Å². The second-order valence-electron chi connectivity index (χ2n) is 5.96. The molecule has 128 valence electrons. The third kappa shape index (κ3) is 3.02. The number of furan rings is 1. The predicted molar refractivity (Wildman–Crippen MR) is 96.1 cm³/mol. The number of rotatable bonds is 4. The van der Waals surface area contributed by atoms with Gasteiger partial charge in [0.05, 0.1) is 11.2 Å². The molecule has 0 aliphatic carbocycles. The third-order valence-electron chi connectivity index (χ3n) is 3.52. The van der Waals surface area contributed by atoms with Crippen LogP contribution < -0.4 is 11.2 Å². The zero-order chi connectivity index (χ0) is 17.6. The fourth-order valence-electron chi connectivity index (χ4n) is 2.55. The van der Waals surface area contributed by atoms with Crippen molar-refractivity contribution in [2.45, 2.75) is 20.4 Å². The first-order valence-electron chi connectivity index (χ1n) is 7.29. The predicted octanol–water partition coefficient (Wildman–Crippen LogP) is 3.10. The summed E-state index contributed by atoms with van der Waals surface area (Å²) in [6.07, 6.45) is 0. The average molecular weight is 414 g/mol. The van der Waals surface area contributed by atoms with Crippen molar-refractivity contribution in [3.05, 3.63) is 28.7 Å². The van der Waals surface area contributed by atoms with Gasteiger partial charge in [0.15, 0.2) is 11.6 Å². The maximum Gasteiger partial charge on any atom is 0.391 e. The molecule has 0 bridgehead atoms. The fraction of sp³-hybridized carbons (Fsp3) is 0.267. The molecule has 24 heavy (non-hydrogen) atoms. The molecule has 9 heteroatoms. The minimum Gasteiger partial charge on any atom is -0.445 e. The standard InChI is InChI=1S/C15H17BrN3O4P/c1-8(2)7-19-14-9(16)3-4-10(17)13(14)18-15(19)11-5-6-12(23-11)24(20,21)22/h3-6,8H,7,17H2,1-2H3,(H2,20,21,22). The number of aromatic nitrogens is 2. The van der Waals surface area contributed by atoms with Gasteiger partial charge in [-0.2, -0.15) is 0 Å². The lowest BCUT2D eigenvalue weighted by atomic mass is 10.2. The van der Waals surface area contributed by atoms with Gasteiger partial charge < -0.3 is 24.5 Å². The molecular weight excluding hydrogens is 397 g/mol. The number of nitrogens with zero attached hydrogens (tertiary/aromatic N) is 2. The number of hydrogen-bond donors (Lipinski definition) is 3. The monoisotopic (exact) mass is 413 g/mol. The molecule has 0 unspecified atom stereocenters. The summed E-state index contributed by atoms with van der Waals surface area (Å²) < 4.78 is 19.5. The molecule has 0 radical (unpaired) electrons. The molecule has 3 aromatic rings. The number of anilines is 1. The fourth-order valence-corrected chi connectivity index (χ4v) is 3.57. The van der Waals surface area contributed by atoms with Crippen LogP contribution in [0.2, 0.25) is 0 Å². The Kier molecular flexibility index (Phi) is 4.34. The van der Waals surface area contributed by atoms with Gasteiger partial charge in [0.1, 0.15) is 5.52 Å². The molecule has 3 rings (SSSR count). The molecular formula is C15H17BrN3O4P. The van der Waals surface area contributed by atoms with E-state index in [1.54, 1.807) is 6.07 Å². The van der Waals surface area contributed by atoms with Gasteiger partial charge in [-0.05, 0) is 46.1 Å². The van der Waals surface area contributed by atoms with Crippen molar-refractivity contribution in [3.8, 4) is 11.6 Å². The van der Waals surface area contributed by atoms with Gasteiger partial charge in [-0.15, -0.1) is 0 Å². The van der Waals surface area contributed by atoms with E-state index < -0.39 is 7.60 Å². The highest BCUT2D eigenvalue weighted by Gasteiger charge is 2.25. The van der Waals surface area contributed by atoms with Crippen molar-refractivity contribution < 1.29 is 18.8 Å². The maximum atomic E-state index is 11.4. The van der Waals surface area contributed by atoms with Crippen LogP contribution in [0.25, 0.3) is 22.6 Å². The molecule has 0 atom stereocenters. The van der Waals surface area contributed by atoms with Crippen molar-refractivity contribution in [1.82, 2.24) is 9.55 Å². The molecule has 4 N–H and O–H groups in total. The summed E-state index contributed by atoms with van der Waals surface area (Å²) >= 11 is 3.52. The zero-order valence-corrected chi connectivity index (χ0v) is 15.6. The van der Waals surface area contributed by atoms with Crippen molar-refractivity contribution in [1.29, 1.82) is 0 Å². The van der Waals surface area contributed by atoms with Crippen LogP contribution in [-0.2, 0) is 11.1 Å². The van der Waals surface area contributed by atoms with E-state index in [4.69, 9.17) is 10.2 Å². The Morgan fingerprint density at radius 2 is 2.04 bits per heavy atom. The van der Waals surface area contributed by atoms with Crippen LogP contribution in [0.1, 0.15) is 13.8 Å². The summed E-state index contributed by atoms with van der Waals surface area (Å²) in [5, 5.41) is 0. The number of benzene rings is 1. The number of fused-ring (bicyclic) bond motifs is 1. The van der Waals surface area contributed by atoms with Crippen LogP contribution in [0.15, 0.2) is 33.2 Å². The molecule has 2 heterocycles. The van der Waals surface area contributed by atoms with E-state index in [1.807, 2.05) is 10.6 Å². The smallest absolute Gasteiger partial charge is 0.391 e. The molecule has 0 spiro atoms. The van der Waals surface area contributed by atoms with E-state index in [0.29, 0.717) is 29.5 Å². The molecule has 0 aliphatic heterocycles. The van der Waals surface area contributed by atoms with Crippen LogP contribution in [-0.4, -0.2) is 19.3 Å². The van der Waals surface area contributed by atoms with E-state index in [9.17, 15) is 14.4 Å². The van der Waals surface area contributed by atoms with Gasteiger partial charge >= 0.3 is 7.60 Å². The van der Waals surface area contributed by atoms with Crippen LogP contribution in [0.5, 0.6) is 0 Å². The van der Waals surface area contributed by atoms with Crippen molar-refractivity contribution >= 4 is 45.7 Å². The average Bonchev–Trinajstić information content (AvgIpc) is 3.07. The van der Waals surface area contributed by atoms with E-state index in [1.165, 1.54) is 12.1 Å². The Labute approximate surface area is 146 Å². The quantitative estimate of drug-likeness (QED) is 0.447. The molecule has 0 amide bonds. The second kappa shape index (κ2) is 6.04. The van der Waals surface area contributed by atoms with Crippen LogP contribution >= 0.6 is 23.5 Å². The Bertz CT molecular complexity index is 957. The first-order valence-corrected chi connectivity index (χ1v) is 9.69. The largest absolute Gasteiger partial charge is 0.445 e. The van der Waals surface area contributed by atoms with E-state index in [2.05, 4.69) is 34.8 Å². The summed E-state index contributed by atoms with van der Waals surface area (Å²) in [6.45, 7) is 4.79. The van der Waals surface area contributed by atoms with Crippen molar-refractivity contribution in [2.75, 3.05) is 5.73 Å². The van der Waals surface area contributed by atoms with Crippen LogP contribution in [0, 0.1) is 5.92 Å². The lowest BCUT2D eigenvalue weighted by Crippen LogP contribution is -2.06. The van der Waals surface area contributed by atoms with Gasteiger partial charge in [-0.1, -0.05) is 13.8 Å². The highest BCUT2D eigenvalue weighted by atomic mass is 79.9. The molecule has 0 aliphatic rings. The highest BCUT2D eigenvalue weighted by Crippen LogP contribution is 2.37. The highest BCUT2D eigenvalue weighted by molar-refractivity contribution is 9.10. The summed E-state index contributed by atoms with van der Waals surface area (Å²) in [4.78, 5) is 23.1. The van der Waals surface area contributed by atoms with E-state index in [0.717, 1.165) is 9.99 Å². The Hall–Kier alpha value is -1.60. The second-order valence-corrected chi connectivity index (χ2v) is 8.34. The van der Waals surface area contributed by atoms with Gasteiger partial charge in [0.25, 0.3) is 0 Å². The maximum absolute atomic E-state index is 11.4. The zero-order valence-electron chi connectivity index (χ0n) is 13.1. The first-order chi connectivity index (χ1) is 11.2. The van der Waals surface area contributed by atoms with Gasteiger partial charge in [0, 0.05) is 11.0 Å². The Morgan fingerprint density at radius 1 is 1.33 bits per heavy atom. The van der Waals surface area contributed by atoms with E-state index >= 15 is 0 Å². The third-order valence-corrected chi connectivity index (χ3v) is 4.98. The molecule has 7 nitrogen and oxygen atoms in total. The number of nitrogen functional groups attached to an aromatic ring is 1. The minimum atomic E-state index is -4.45. The molecule has 0 saturated carbocycles. The van der Waals surface area contributed by atoms with Crippen LogP contribution in [0.4, 0.5) is 5.69 Å². The van der Waals surface area contributed by atoms with Gasteiger partial charge in [-0.25, -0.2) is 4.98 Å². The van der Waals surface area contributed by atoms with Gasteiger partial charge in [0.2, 0.25) is 5.50 Å².